The van der Waals surface area contributed by atoms with Gasteiger partial charge >= 0.3 is 0 Å². The molecule has 0 fully saturated rings. The van der Waals surface area contributed by atoms with Crippen LogP contribution in [0, 0.1) is 17.1 Å². The molecule has 2 aromatic rings. The average Bonchev–Trinajstić information content (AvgIpc) is 2.59. The van der Waals surface area contributed by atoms with Gasteiger partial charge in [-0.05, 0) is 36.6 Å². The Morgan fingerprint density at radius 3 is 2.54 bits per heavy atom. The molecule has 7 heteroatoms. The molecule has 2 aromatic carbocycles. The zero-order valence-corrected chi connectivity index (χ0v) is 13.6. The van der Waals surface area contributed by atoms with Crippen molar-refractivity contribution >= 4 is 10.0 Å². The fraction of sp³-hybridized carbons (Fsp3) is 0.235. The van der Waals surface area contributed by atoms with E-state index in [2.05, 4.69) is 4.72 Å². The predicted molar refractivity (Wildman–Crippen MR) is 86.9 cm³/mol. The molecule has 0 saturated heterocycles. The molecule has 0 aliphatic heterocycles. The summed E-state index contributed by atoms with van der Waals surface area (Å²) in [6.07, 6.45) is 0.834. The molecule has 1 unspecified atom stereocenters. The Hall–Kier alpha value is -2.27. The Morgan fingerprint density at radius 2 is 1.92 bits per heavy atom. The molecule has 1 atom stereocenters. The molecule has 0 saturated carbocycles. The van der Waals surface area contributed by atoms with E-state index >= 15 is 0 Å². The number of hydrogen-bond acceptors (Lipinski definition) is 4. The fourth-order valence-electron chi connectivity index (χ4n) is 2.29. The van der Waals surface area contributed by atoms with Crippen molar-refractivity contribution in [1.29, 1.82) is 5.26 Å². The van der Waals surface area contributed by atoms with Gasteiger partial charge in [-0.2, -0.15) is 5.26 Å². The van der Waals surface area contributed by atoms with Crippen LogP contribution in [0.3, 0.4) is 0 Å². The monoisotopic (exact) mass is 348 g/mol. The number of aliphatic hydroxyl groups excluding tert-OH is 1. The third-order valence-corrected chi connectivity index (χ3v) is 4.99. The summed E-state index contributed by atoms with van der Waals surface area (Å²) in [5, 5.41) is 17.9. The number of nitrogens with zero attached hydrogens (tertiary/aromatic N) is 1. The van der Waals surface area contributed by atoms with Crippen LogP contribution in [0.1, 0.15) is 30.0 Å². The highest BCUT2D eigenvalue weighted by molar-refractivity contribution is 7.89. The third kappa shape index (κ3) is 4.38. The van der Waals surface area contributed by atoms with Crippen LogP contribution in [0.5, 0.6) is 0 Å². The number of hydrogen-bond donors (Lipinski definition) is 2. The van der Waals surface area contributed by atoms with Crippen LogP contribution in [-0.4, -0.2) is 20.1 Å². The maximum absolute atomic E-state index is 13.4. The topological polar surface area (TPSA) is 90.2 Å². The van der Waals surface area contributed by atoms with E-state index in [1.807, 2.05) is 6.07 Å². The first-order valence-electron chi connectivity index (χ1n) is 7.35. The zero-order chi connectivity index (χ0) is 17.6. The molecule has 0 radical (unpaired) electrons. The smallest absolute Gasteiger partial charge is 0.241 e. The lowest BCUT2D eigenvalue weighted by molar-refractivity contribution is 0.278. The second-order valence-electron chi connectivity index (χ2n) is 5.20. The first kappa shape index (κ1) is 18.1. The first-order chi connectivity index (χ1) is 11.5. The molecular formula is C17H17FN2O3S. The predicted octanol–water partition coefficient (Wildman–Crippen LogP) is 2.49. The number of aliphatic hydroxyl groups is 1. The van der Waals surface area contributed by atoms with Crippen LogP contribution in [0.4, 0.5) is 4.39 Å². The highest BCUT2D eigenvalue weighted by Crippen LogP contribution is 2.22. The molecule has 2 N–H and O–H groups in total. The van der Waals surface area contributed by atoms with Gasteiger partial charge in [0.25, 0.3) is 0 Å². The van der Waals surface area contributed by atoms with Gasteiger partial charge in [-0.25, -0.2) is 17.5 Å². The van der Waals surface area contributed by atoms with E-state index in [1.54, 1.807) is 30.3 Å². The molecule has 24 heavy (non-hydrogen) atoms. The number of sulfonamides is 1. The summed E-state index contributed by atoms with van der Waals surface area (Å²) in [6.45, 7) is -0.0554. The van der Waals surface area contributed by atoms with Crippen molar-refractivity contribution in [1.82, 2.24) is 4.72 Å². The van der Waals surface area contributed by atoms with Crippen molar-refractivity contribution in [2.24, 2.45) is 0 Å². The number of rotatable bonds is 7. The van der Waals surface area contributed by atoms with E-state index in [9.17, 15) is 12.8 Å². The van der Waals surface area contributed by atoms with Crippen LogP contribution >= 0.6 is 0 Å². The van der Waals surface area contributed by atoms with Crippen LogP contribution < -0.4 is 4.72 Å². The summed E-state index contributed by atoms with van der Waals surface area (Å²) in [6, 6.07) is 13.2. The Bertz CT molecular complexity index is 833. The molecule has 0 bridgehead atoms. The summed E-state index contributed by atoms with van der Waals surface area (Å²) in [4.78, 5) is -0.176. The third-order valence-electron chi connectivity index (χ3n) is 3.52. The summed E-state index contributed by atoms with van der Waals surface area (Å²) >= 11 is 0. The lowest BCUT2D eigenvalue weighted by atomic mass is 10.0. The maximum Gasteiger partial charge on any atom is 0.241 e. The summed E-state index contributed by atoms with van der Waals surface area (Å²) in [7, 11) is -3.94. The van der Waals surface area contributed by atoms with Crippen LogP contribution in [0.2, 0.25) is 0 Å². The molecule has 0 heterocycles. The molecule has 0 aliphatic rings. The Kier molecular flexibility index (Phi) is 6.04. The van der Waals surface area contributed by atoms with Gasteiger partial charge in [-0.15, -0.1) is 0 Å². The van der Waals surface area contributed by atoms with E-state index in [-0.39, 0.29) is 17.1 Å². The molecule has 0 amide bonds. The first-order valence-corrected chi connectivity index (χ1v) is 8.84. The van der Waals surface area contributed by atoms with Gasteiger partial charge in [0.15, 0.2) is 0 Å². The van der Waals surface area contributed by atoms with Crippen molar-refractivity contribution in [3.05, 3.63) is 65.5 Å². The summed E-state index contributed by atoms with van der Waals surface area (Å²) in [5.41, 5.74) is 0.432. The van der Waals surface area contributed by atoms with Gasteiger partial charge in [0, 0.05) is 12.6 Å². The minimum Gasteiger partial charge on any atom is -0.396 e. The second-order valence-corrected chi connectivity index (χ2v) is 6.92. The van der Waals surface area contributed by atoms with Crippen molar-refractivity contribution in [2.75, 3.05) is 6.61 Å². The van der Waals surface area contributed by atoms with Crippen LogP contribution in [0.15, 0.2) is 53.4 Å². The van der Waals surface area contributed by atoms with E-state index < -0.39 is 21.9 Å². The minimum atomic E-state index is -3.94. The Morgan fingerprint density at radius 1 is 1.21 bits per heavy atom. The van der Waals surface area contributed by atoms with Gasteiger partial charge in [0.1, 0.15) is 11.9 Å². The number of nitrogens with one attached hydrogen (secondary N) is 1. The SMILES string of the molecule is N#Cc1cc(S(=O)(=O)NC(CCCO)c2ccccc2)ccc1F. The average molecular weight is 348 g/mol. The van der Waals surface area contributed by atoms with Crippen LogP contribution in [-0.2, 0) is 10.0 Å². The lowest BCUT2D eigenvalue weighted by Crippen LogP contribution is -2.29. The molecule has 5 nitrogen and oxygen atoms in total. The quantitative estimate of drug-likeness (QED) is 0.804. The zero-order valence-electron chi connectivity index (χ0n) is 12.8. The molecule has 126 valence electrons. The summed E-state index contributed by atoms with van der Waals surface area (Å²) < 4.78 is 41.1. The van der Waals surface area contributed by atoms with Gasteiger partial charge < -0.3 is 5.11 Å². The van der Waals surface area contributed by atoms with Gasteiger partial charge in [-0.1, -0.05) is 30.3 Å². The normalized spacial score (nSPS) is 12.5. The Balaban J connectivity index is 2.32. The van der Waals surface area contributed by atoms with Crippen molar-refractivity contribution in [3.63, 3.8) is 0 Å². The van der Waals surface area contributed by atoms with Gasteiger partial charge in [0.2, 0.25) is 10.0 Å². The number of benzene rings is 2. The lowest BCUT2D eigenvalue weighted by Gasteiger charge is -2.19. The molecular weight excluding hydrogens is 331 g/mol. The molecule has 0 aromatic heterocycles. The highest BCUT2D eigenvalue weighted by Gasteiger charge is 2.22. The van der Waals surface area contributed by atoms with E-state index in [0.29, 0.717) is 12.8 Å². The van der Waals surface area contributed by atoms with Crippen molar-refractivity contribution < 1.29 is 17.9 Å². The largest absolute Gasteiger partial charge is 0.396 e. The fourth-order valence-corrected chi connectivity index (χ4v) is 3.57. The highest BCUT2D eigenvalue weighted by atomic mass is 32.2. The van der Waals surface area contributed by atoms with Gasteiger partial charge in [-0.3, -0.25) is 0 Å². The van der Waals surface area contributed by atoms with Crippen molar-refractivity contribution in [2.45, 2.75) is 23.8 Å². The molecule has 0 aliphatic carbocycles. The van der Waals surface area contributed by atoms with E-state index in [1.165, 1.54) is 0 Å². The van der Waals surface area contributed by atoms with Crippen LogP contribution in [0.25, 0.3) is 0 Å². The molecule has 0 spiro atoms. The minimum absolute atomic E-state index is 0.0554. The van der Waals surface area contributed by atoms with Gasteiger partial charge in [0.05, 0.1) is 10.5 Å². The van der Waals surface area contributed by atoms with E-state index in [4.69, 9.17) is 10.4 Å². The van der Waals surface area contributed by atoms with E-state index in [0.717, 1.165) is 23.8 Å². The maximum atomic E-state index is 13.4. The molecule has 2 rings (SSSR count). The Labute approximate surface area is 140 Å². The standard InChI is InChI=1S/C17H17FN2O3S/c18-16-9-8-15(11-14(16)12-19)24(22,23)20-17(7-4-10-21)13-5-2-1-3-6-13/h1-3,5-6,8-9,11,17,20-21H,4,7,10H2. The number of nitriles is 1. The number of halogens is 1. The summed E-state index contributed by atoms with van der Waals surface area (Å²) in [5.74, 6) is -0.767. The second kappa shape index (κ2) is 8.02. The van der Waals surface area contributed by atoms with Crippen molar-refractivity contribution in [3.8, 4) is 6.07 Å².